The molecular weight excluding hydrogens is 234 g/mol. The lowest BCUT2D eigenvalue weighted by Crippen LogP contribution is -2.36. The molecule has 1 unspecified atom stereocenters. The Morgan fingerprint density at radius 2 is 2.17 bits per heavy atom. The van der Waals surface area contributed by atoms with Gasteiger partial charge in [0.1, 0.15) is 0 Å². The molecule has 0 radical (unpaired) electrons. The maximum absolute atomic E-state index is 11.8. The number of anilines is 1. The average molecular weight is 251 g/mol. The summed E-state index contributed by atoms with van der Waals surface area (Å²) >= 11 is 0. The van der Waals surface area contributed by atoms with Gasteiger partial charge in [0.2, 0.25) is 0 Å². The highest BCUT2D eigenvalue weighted by Crippen LogP contribution is 2.08. The van der Waals surface area contributed by atoms with Crippen LogP contribution in [0.2, 0.25) is 0 Å². The molecule has 2 amide bonds. The van der Waals surface area contributed by atoms with E-state index in [2.05, 4.69) is 10.3 Å². The Hall–Kier alpha value is -2.11. The van der Waals surface area contributed by atoms with E-state index in [0.29, 0.717) is 5.69 Å². The SMILES string of the molecule is Cc1cncc(NC(=O)N(C)CC(C)C(=O)O)c1. The standard InChI is InChI=1S/C12H17N3O3/c1-8-4-10(6-13-5-8)14-12(18)15(3)7-9(2)11(16)17/h4-6,9H,7H2,1-3H3,(H,14,18)(H,16,17). The summed E-state index contributed by atoms with van der Waals surface area (Å²) in [5.41, 5.74) is 1.53. The number of nitrogens with zero attached hydrogens (tertiary/aromatic N) is 2. The number of aromatic nitrogens is 1. The maximum atomic E-state index is 11.8. The molecule has 6 heteroatoms. The zero-order chi connectivity index (χ0) is 13.7. The molecule has 1 heterocycles. The van der Waals surface area contributed by atoms with Gasteiger partial charge < -0.3 is 15.3 Å². The molecule has 1 atom stereocenters. The van der Waals surface area contributed by atoms with Crippen LogP contribution in [0.4, 0.5) is 10.5 Å². The van der Waals surface area contributed by atoms with Gasteiger partial charge in [-0.2, -0.15) is 0 Å². The van der Waals surface area contributed by atoms with Crippen LogP contribution in [-0.4, -0.2) is 40.6 Å². The van der Waals surface area contributed by atoms with Crippen LogP contribution in [0.5, 0.6) is 0 Å². The van der Waals surface area contributed by atoms with Gasteiger partial charge in [-0.15, -0.1) is 0 Å². The molecule has 0 saturated carbocycles. The molecule has 0 bridgehead atoms. The molecule has 0 aliphatic rings. The van der Waals surface area contributed by atoms with Crippen LogP contribution in [0.1, 0.15) is 12.5 Å². The van der Waals surface area contributed by atoms with Crippen molar-refractivity contribution in [3.8, 4) is 0 Å². The van der Waals surface area contributed by atoms with E-state index in [-0.39, 0.29) is 12.6 Å². The Morgan fingerprint density at radius 1 is 1.50 bits per heavy atom. The number of urea groups is 1. The quantitative estimate of drug-likeness (QED) is 0.851. The first-order chi connectivity index (χ1) is 8.40. The van der Waals surface area contributed by atoms with Crippen LogP contribution in [0.15, 0.2) is 18.5 Å². The Kier molecular flexibility index (Phi) is 4.65. The van der Waals surface area contributed by atoms with Gasteiger partial charge >= 0.3 is 12.0 Å². The van der Waals surface area contributed by atoms with Gasteiger partial charge in [-0.25, -0.2) is 4.79 Å². The van der Waals surface area contributed by atoms with Gasteiger partial charge in [-0.3, -0.25) is 9.78 Å². The highest BCUT2D eigenvalue weighted by atomic mass is 16.4. The average Bonchev–Trinajstić information content (AvgIpc) is 2.28. The van der Waals surface area contributed by atoms with Crippen LogP contribution >= 0.6 is 0 Å². The lowest BCUT2D eigenvalue weighted by atomic mass is 10.2. The third kappa shape index (κ3) is 4.04. The topological polar surface area (TPSA) is 82.5 Å². The highest BCUT2D eigenvalue weighted by molar-refractivity contribution is 5.89. The summed E-state index contributed by atoms with van der Waals surface area (Å²) in [4.78, 5) is 27.8. The number of nitrogens with one attached hydrogen (secondary N) is 1. The Labute approximate surface area is 106 Å². The maximum Gasteiger partial charge on any atom is 0.321 e. The Bertz CT molecular complexity index is 448. The second-order valence-corrected chi connectivity index (χ2v) is 4.30. The molecule has 2 N–H and O–H groups in total. The largest absolute Gasteiger partial charge is 0.481 e. The first kappa shape index (κ1) is 14.0. The molecule has 0 aliphatic carbocycles. The minimum absolute atomic E-state index is 0.153. The molecule has 0 saturated heterocycles. The normalized spacial score (nSPS) is 11.7. The molecule has 0 aliphatic heterocycles. The Balaban J connectivity index is 2.57. The van der Waals surface area contributed by atoms with E-state index in [0.717, 1.165) is 5.56 Å². The molecular formula is C12H17N3O3. The summed E-state index contributed by atoms with van der Waals surface area (Å²) in [6.45, 7) is 3.58. The van der Waals surface area contributed by atoms with E-state index < -0.39 is 11.9 Å². The predicted octanol–water partition coefficient (Wildman–Crippen LogP) is 1.57. The lowest BCUT2D eigenvalue weighted by molar-refractivity contribution is -0.141. The summed E-state index contributed by atoms with van der Waals surface area (Å²) < 4.78 is 0. The van der Waals surface area contributed by atoms with Crippen molar-refractivity contribution in [1.82, 2.24) is 9.88 Å². The Morgan fingerprint density at radius 3 is 2.72 bits per heavy atom. The number of hydrogen-bond donors (Lipinski definition) is 2. The van der Waals surface area contributed by atoms with Crippen molar-refractivity contribution < 1.29 is 14.7 Å². The molecule has 1 rings (SSSR count). The van der Waals surface area contributed by atoms with Crippen molar-refractivity contribution in [2.24, 2.45) is 5.92 Å². The number of amides is 2. The summed E-state index contributed by atoms with van der Waals surface area (Å²) in [5.74, 6) is -1.52. The minimum Gasteiger partial charge on any atom is -0.481 e. The third-order valence-electron chi connectivity index (χ3n) is 2.44. The second-order valence-electron chi connectivity index (χ2n) is 4.30. The summed E-state index contributed by atoms with van der Waals surface area (Å²) in [5, 5.41) is 11.4. The zero-order valence-corrected chi connectivity index (χ0v) is 10.7. The molecule has 6 nitrogen and oxygen atoms in total. The number of carboxylic acids is 1. The van der Waals surface area contributed by atoms with Crippen LogP contribution in [0.25, 0.3) is 0 Å². The summed E-state index contributed by atoms with van der Waals surface area (Å²) in [7, 11) is 1.55. The monoisotopic (exact) mass is 251 g/mol. The molecule has 1 aromatic rings. The molecule has 0 spiro atoms. The molecule has 18 heavy (non-hydrogen) atoms. The van der Waals surface area contributed by atoms with Gasteiger partial charge in [0.15, 0.2) is 0 Å². The van der Waals surface area contributed by atoms with Crippen molar-refractivity contribution in [1.29, 1.82) is 0 Å². The number of carbonyl (C=O) groups is 2. The van der Waals surface area contributed by atoms with E-state index in [4.69, 9.17) is 5.11 Å². The van der Waals surface area contributed by atoms with Crippen molar-refractivity contribution in [3.63, 3.8) is 0 Å². The van der Waals surface area contributed by atoms with E-state index >= 15 is 0 Å². The van der Waals surface area contributed by atoms with E-state index in [1.807, 2.05) is 6.92 Å². The van der Waals surface area contributed by atoms with Crippen molar-refractivity contribution in [2.45, 2.75) is 13.8 Å². The fourth-order valence-electron chi connectivity index (χ4n) is 1.41. The fourth-order valence-corrected chi connectivity index (χ4v) is 1.41. The van der Waals surface area contributed by atoms with Gasteiger partial charge in [0, 0.05) is 19.8 Å². The molecule has 0 aromatic carbocycles. The highest BCUT2D eigenvalue weighted by Gasteiger charge is 2.17. The number of pyridine rings is 1. The third-order valence-corrected chi connectivity index (χ3v) is 2.44. The molecule has 98 valence electrons. The number of aryl methyl sites for hydroxylation is 1. The minimum atomic E-state index is -0.924. The summed E-state index contributed by atoms with van der Waals surface area (Å²) in [6.07, 6.45) is 3.23. The van der Waals surface area contributed by atoms with E-state index in [9.17, 15) is 9.59 Å². The smallest absolute Gasteiger partial charge is 0.321 e. The van der Waals surface area contributed by atoms with Gasteiger partial charge in [-0.1, -0.05) is 6.92 Å². The van der Waals surface area contributed by atoms with E-state index in [1.165, 1.54) is 4.90 Å². The van der Waals surface area contributed by atoms with Crippen molar-refractivity contribution >= 4 is 17.7 Å². The van der Waals surface area contributed by atoms with Crippen molar-refractivity contribution in [3.05, 3.63) is 24.0 Å². The van der Waals surface area contributed by atoms with Gasteiger partial charge in [0.25, 0.3) is 0 Å². The van der Waals surface area contributed by atoms with Gasteiger partial charge in [-0.05, 0) is 18.6 Å². The van der Waals surface area contributed by atoms with E-state index in [1.54, 1.807) is 32.4 Å². The fraction of sp³-hybridized carbons (Fsp3) is 0.417. The summed E-state index contributed by atoms with van der Waals surface area (Å²) in [6, 6.07) is 1.44. The first-order valence-electron chi connectivity index (χ1n) is 5.56. The van der Waals surface area contributed by atoms with Crippen LogP contribution in [0.3, 0.4) is 0 Å². The zero-order valence-electron chi connectivity index (χ0n) is 10.7. The van der Waals surface area contributed by atoms with Crippen LogP contribution in [0, 0.1) is 12.8 Å². The lowest BCUT2D eigenvalue weighted by Gasteiger charge is -2.19. The second kappa shape index (κ2) is 6.00. The number of rotatable bonds is 4. The van der Waals surface area contributed by atoms with Crippen molar-refractivity contribution in [2.75, 3.05) is 18.9 Å². The number of aliphatic carboxylic acids is 1. The van der Waals surface area contributed by atoms with Crippen LogP contribution in [-0.2, 0) is 4.79 Å². The predicted molar refractivity (Wildman–Crippen MR) is 67.4 cm³/mol. The van der Waals surface area contributed by atoms with Crippen LogP contribution < -0.4 is 5.32 Å². The number of carbonyl (C=O) groups excluding carboxylic acids is 1. The van der Waals surface area contributed by atoms with Gasteiger partial charge in [0.05, 0.1) is 17.8 Å². The molecule has 0 fully saturated rings. The number of hydrogen-bond acceptors (Lipinski definition) is 3. The molecule has 1 aromatic heterocycles. The number of carboxylic acid groups (broad SMARTS) is 1. The first-order valence-corrected chi connectivity index (χ1v) is 5.56.